The molecule has 0 atom stereocenters. The van der Waals surface area contributed by atoms with Gasteiger partial charge in [0.05, 0.1) is 0 Å². The molecule has 1 N–H and O–H groups in total. The maximum atomic E-state index is 11.6. The molecule has 2 aromatic rings. The average Bonchev–Trinajstić information content (AvgIpc) is 2.95. The van der Waals surface area contributed by atoms with E-state index in [9.17, 15) is 4.79 Å². The van der Waals surface area contributed by atoms with Crippen LogP contribution in [0.3, 0.4) is 0 Å². The van der Waals surface area contributed by atoms with Crippen molar-refractivity contribution in [3.05, 3.63) is 35.2 Å². The van der Waals surface area contributed by atoms with Gasteiger partial charge in [0, 0.05) is 13.1 Å². The van der Waals surface area contributed by atoms with Crippen molar-refractivity contribution < 1.29 is 9.21 Å². The fraction of sp³-hybridized carbons (Fsp3) is 0.300. The highest BCUT2D eigenvalue weighted by Crippen LogP contribution is 2.13. The predicted molar refractivity (Wildman–Crippen MR) is 63.4 cm³/mol. The second kappa shape index (κ2) is 5.62. The summed E-state index contributed by atoms with van der Waals surface area (Å²) in [6.07, 6.45) is 3.92. The second-order valence-electron chi connectivity index (χ2n) is 3.37. The van der Waals surface area contributed by atoms with Crippen LogP contribution in [0.25, 0.3) is 0 Å². The van der Waals surface area contributed by atoms with Gasteiger partial charge in [-0.3, -0.25) is 9.48 Å². The lowest BCUT2D eigenvalue weighted by atomic mass is 10.4. The number of carbonyl (C=O) groups excluding carboxylic acids is 1. The SMILES string of the molecule is O=C(NCCCn1cncn1)c1ccc(Br)o1. The lowest BCUT2D eigenvalue weighted by Crippen LogP contribution is -2.24. The number of halogens is 1. The molecule has 2 heterocycles. The van der Waals surface area contributed by atoms with Crippen LogP contribution in [0.5, 0.6) is 0 Å². The van der Waals surface area contributed by atoms with Crippen molar-refractivity contribution in [2.45, 2.75) is 13.0 Å². The summed E-state index contributed by atoms with van der Waals surface area (Å²) in [5, 5.41) is 6.72. The van der Waals surface area contributed by atoms with Crippen molar-refractivity contribution >= 4 is 21.8 Å². The summed E-state index contributed by atoms with van der Waals surface area (Å²) in [5.74, 6) is 0.0897. The first-order valence-electron chi connectivity index (χ1n) is 5.11. The topological polar surface area (TPSA) is 73.0 Å². The molecule has 0 saturated carbocycles. The van der Waals surface area contributed by atoms with Crippen molar-refractivity contribution in [1.82, 2.24) is 20.1 Å². The predicted octanol–water partition coefficient (Wildman–Crippen LogP) is 1.45. The van der Waals surface area contributed by atoms with E-state index in [4.69, 9.17) is 4.42 Å². The van der Waals surface area contributed by atoms with Gasteiger partial charge in [0.1, 0.15) is 12.7 Å². The zero-order valence-corrected chi connectivity index (χ0v) is 10.6. The van der Waals surface area contributed by atoms with E-state index in [2.05, 4.69) is 31.3 Å². The summed E-state index contributed by atoms with van der Waals surface area (Å²) in [4.78, 5) is 15.4. The van der Waals surface area contributed by atoms with Crippen LogP contribution in [-0.4, -0.2) is 27.2 Å². The number of nitrogens with zero attached hydrogens (tertiary/aromatic N) is 3. The summed E-state index contributed by atoms with van der Waals surface area (Å²) in [6, 6.07) is 3.31. The fourth-order valence-corrected chi connectivity index (χ4v) is 1.62. The summed E-state index contributed by atoms with van der Waals surface area (Å²) in [5.41, 5.74) is 0. The molecule has 17 heavy (non-hydrogen) atoms. The lowest BCUT2D eigenvalue weighted by Gasteiger charge is -2.02. The number of carbonyl (C=O) groups is 1. The Balaban J connectivity index is 1.70. The maximum Gasteiger partial charge on any atom is 0.287 e. The molecule has 0 fully saturated rings. The van der Waals surface area contributed by atoms with Gasteiger partial charge in [-0.05, 0) is 34.5 Å². The Kier molecular flexibility index (Phi) is 3.92. The summed E-state index contributed by atoms with van der Waals surface area (Å²) in [7, 11) is 0. The molecule has 90 valence electrons. The van der Waals surface area contributed by atoms with E-state index in [1.165, 1.54) is 6.33 Å². The number of furan rings is 1. The van der Waals surface area contributed by atoms with Gasteiger partial charge in [0.25, 0.3) is 5.91 Å². The maximum absolute atomic E-state index is 11.6. The first-order valence-corrected chi connectivity index (χ1v) is 5.91. The number of hydrogen-bond acceptors (Lipinski definition) is 4. The van der Waals surface area contributed by atoms with E-state index in [1.54, 1.807) is 23.1 Å². The van der Waals surface area contributed by atoms with Crippen LogP contribution in [0.2, 0.25) is 0 Å². The zero-order valence-electron chi connectivity index (χ0n) is 8.97. The number of amides is 1. The smallest absolute Gasteiger partial charge is 0.287 e. The number of aryl methyl sites for hydroxylation is 1. The molecule has 0 saturated heterocycles. The minimum absolute atomic E-state index is 0.214. The number of nitrogens with one attached hydrogen (secondary N) is 1. The third-order valence-electron chi connectivity index (χ3n) is 2.11. The zero-order chi connectivity index (χ0) is 12.1. The van der Waals surface area contributed by atoms with Crippen LogP contribution >= 0.6 is 15.9 Å². The van der Waals surface area contributed by atoms with E-state index in [-0.39, 0.29) is 5.91 Å². The highest BCUT2D eigenvalue weighted by atomic mass is 79.9. The van der Waals surface area contributed by atoms with Crippen LogP contribution in [-0.2, 0) is 6.54 Å². The molecule has 0 aliphatic heterocycles. The Bertz CT molecular complexity index is 480. The largest absolute Gasteiger partial charge is 0.444 e. The van der Waals surface area contributed by atoms with Crippen LogP contribution < -0.4 is 5.32 Å². The highest BCUT2D eigenvalue weighted by molar-refractivity contribution is 9.10. The van der Waals surface area contributed by atoms with Crippen molar-refractivity contribution in [1.29, 1.82) is 0 Å². The molecular formula is C10H11BrN4O2. The summed E-state index contributed by atoms with van der Waals surface area (Å²) >= 11 is 3.14. The van der Waals surface area contributed by atoms with Gasteiger partial charge in [-0.15, -0.1) is 0 Å². The van der Waals surface area contributed by atoms with E-state index < -0.39 is 0 Å². The molecule has 6 nitrogen and oxygen atoms in total. The van der Waals surface area contributed by atoms with Crippen LogP contribution in [0, 0.1) is 0 Å². The van der Waals surface area contributed by atoms with E-state index in [0.29, 0.717) is 17.0 Å². The van der Waals surface area contributed by atoms with Gasteiger partial charge >= 0.3 is 0 Å². The Hall–Kier alpha value is -1.63. The number of hydrogen-bond donors (Lipinski definition) is 1. The van der Waals surface area contributed by atoms with Crippen molar-refractivity contribution in [3.8, 4) is 0 Å². The number of aromatic nitrogens is 3. The van der Waals surface area contributed by atoms with E-state index in [0.717, 1.165) is 13.0 Å². The molecular weight excluding hydrogens is 288 g/mol. The third kappa shape index (κ3) is 3.42. The van der Waals surface area contributed by atoms with Gasteiger partial charge < -0.3 is 9.73 Å². The molecule has 2 rings (SSSR count). The van der Waals surface area contributed by atoms with Crippen LogP contribution in [0.1, 0.15) is 17.0 Å². The quantitative estimate of drug-likeness (QED) is 0.848. The Morgan fingerprint density at radius 1 is 1.53 bits per heavy atom. The Labute approximate surface area is 106 Å². The third-order valence-corrected chi connectivity index (χ3v) is 2.54. The fourth-order valence-electron chi connectivity index (χ4n) is 1.31. The Morgan fingerprint density at radius 2 is 2.41 bits per heavy atom. The molecule has 0 bridgehead atoms. The first kappa shape index (κ1) is 11.8. The standard InChI is InChI=1S/C10H11BrN4O2/c11-9-3-2-8(17-9)10(16)13-4-1-5-15-7-12-6-14-15/h2-3,6-7H,1,4-5H2,(H,13,16). The molecule has 0 unspecified atom stereocenters. The van der Waals surface area contributed by atoms with Crippen molar-refractivity contribution in [2.24, 2.45) is 0 Å². The molecule has 1 amide bonds. The minimum atomic E-state index is -0.214. The number of rotatable bonds is 5. The summed E-state index contributed by atoms with van der Waals surface area (Å²) in [6.45, 7) is 1.29. The molecule has 0 spiro atoms. The highest BCUT2D eigenvalue weighted by Gasteiger charge is 2.08. The average molecular weight is 299 g/mol. The van der Waals surface area contributed by atoms with Gasteiger partial charge in [0.15, 0.2) is 10.4 Å². The van der Waals surface area contributed by atoms with E-state index in [1.807, 2.05) is 0 Å². The van der Waals surface area contributed by atoms with Crippen LogP contribution in [0.15, 0.2) is 33.9 Å². The molecule has 2 aromatic heterocycles. The van der Waals surface area contributed by atoms with Gasteiger partial charge in [-0.25, -0.2) is 4.98 Å². The molecule has 0 radical (unpaired) electrons. The van der Waals surface area contributed by atoms with Gasteiger partial charge in [0.2, 0.25) is 0 Å². The molecule has 7 heteroatoms. The monoisotopic (exact) mass is 298 g/mol. The van der Waals surface area contributed by atoms with Crippen molar-refractivity contribution in [2.75, 3.05) is 6.54 Å². The van der Waals surface area contributed by atoms with Crippen molar-refractivity contribution in [3.63, 3.8) is 0 Å². The Morgan fingerprint density at radius 3 is 3.06 bits per heavy atom. The summed E-state index contributed by atoms with van der Waals surface area (Å²) < 4.78 is 7.39. The molecule has 0 aliphatic rings. The minimum Gasteiger partial charge on any atom is -0.444 e. The molecule has 0 aliphatic carbocycles. The van der Waals surface area contributed by atoms with Gasteiger partial charge in [-0.1, -0.05) is 0 Å². The lowest BCUT2D eigenvalue weighted by molar-refractivity contribution is 0.0923. The van der Waals surface area contributed by atoms with Gasteiger partial charge in [-0.2, -0.15) is 5.10 Å². The normalized spacial score (nSPS) is 10.4. The van der Waals surface area contributed by atoms with E-state index >= 15 is 0 Å². The second-order valence-corrected chi connectivity index (χ2v) is 4.15. The van der Waals surface area contributed by atoms with Crippen LogP contribution in [0.4, 0.5) is 0 Å². The molecule has 0 aromatic carbocycles. The first-order chi connectivity index (χ1) is 8.25.